The van der Waals surface area contributed by atoms with Gasteiger partial charge >= 0.3 is 5.97 Å². The van der Waals surface area contributed by atoms with Crippen LogP contribution in [0.2, 0.25) is 5.02 Å². The van der Waals surface area contributed by atoms with E-state index < -0.39 is 5.97 Å². The van der Waals surface area contributed by atoms with Crippen LogP contribution in [-0.4, -0.2) is 17.0 Å². The molecule has 1 aromatic carbocycles. The zero-order chi connectivity index (χ0) is 13.8. The number of amides is 1. The number of carboxylic acids is 1. The van der Waals surface area contributed by atoms with Crippen molar-refractivity contribution in [2.45, 2.75) is 6.54 Å². The van der Waals surface area contributed by atoms with Crippen LogP contribution in [0.1, 0.15) is 25.6 Å². The fraction of sp³-hybridized carbons (Fsp3) is 0.0769. The van der Waals surface area contributed by atoms with Gasteiger partial charge in [0.1, 0.15) is 4.88 Å². The Hall–Kier alpha value is -1.85. The van der Waals surface area contributed by atoms with E-state index >= 15 is 0 Å². The minimum Gasteiger partial charge on any atom is -0.478 e. The Bertz CT molecular complexity index is 624. The molecule has 2 aromatic rings. The van der Waals surface area contributed by atoms with Crippen LogP contribution in [0, 0.1) is 0 Å². The Morgan fingerprint density at radius 2 is 2.11 bits per heavy atom. The molecule has 0 aliphatic heterocycles. The molecule has 2 rings (SSSR count). The first kappa shape index (κ1) is 13.6. The zero-order valence-electron chi connectivity index (χ0n) is 9.72. The Labute approximate surface area is 118 Å². The predicted octanol–water partition coefficient (Wildman–Crippen LogP) is 3.03. The van der Waals surface area contributed by atoms with E-state index in [-0.39, 0.29) is 18.0 Å². The first-order valence-electron chi connectivity index (χ1n) is 5.41. The number of aromatic carboxylic acids is 1. The van der Waals surface area contributed by atoms with Crippen LogP contribution in [0.3, 0.4) is 0 Å². The summed E-state index contributed by atoms with van der Waals surface area (Å²) in [6.07, 6.45) is 0. The van der Waals surface area contributed by atoms with Gasteiger partial charge in [-0.15, -0.1) is 11.3 Å². The van der Waals surface area contributed by atoms with Crippen LogP contribution < -0.4 is 5.32 Å². The number of carbonyl (C=O) groups excluding carboxylic acids is 1. The van der Waals surface area contributed by atoms with Crippen molar-refractivity contribution in [3.8, 4) is 0 Å². The fourth-order valence-electron chi connectivity index (χ4n) is 1.53. The van der Waals surface area contributed by atoms with Gasteiger partial charge in [0.15, 0.2) is 0 Å². The molecule has 0 saturated carbocycles. The average Bonchev–Trinajstić information content (AvgIpc) is 2.82. The molecule has 0 aliphatic rings. The van der Waals surface area contributed by atoms with Crippen molar-refractivity contribution in [2.75, 3.05) is 0 Å². The first-order valence-corrected chi connectivity index (χ1v) is 6.67. The standard InChI is InChI=1S/C13H10ClNO3S/c14-10-4-5-19-11(10)12(16)15-7-8-2-1-3-9(6-8)13(17)18/h1-6H,7H2,(H,15,16)(H,17,18). The number of thiophene rings is 1. The third kappa shape index (κ3) is 3.33. The Balaban J connectivity index is 2.03. The molecule has 98 valence electrons. The van der Waals surface area contributed by atoms with Gasteiger partial charge < -0.3 is 10.4 Å². The molecule has 0 fully saturated rings. The molecule has 1 heterocycles. The quantitative estimate of drug-likeness (QED) is 0.911. The van der Waals surface area contributed by atoms with Crippen molar-refractivity contribution >= 4 is 34.8 Å². The lowest BCUT2D eigenvalue weighted by molar-refractivity contribution is 0.0696. The Morgan fingerprint density at radius 3 is 2.74 bits per heavy atom. The average molecular weight is 296 g/mol. The van der Waals surface area contributed by atoms with Gasteiger partial charge in [0.25, 0.3) is 5.91 Å². The van der Waals surface area contributed by atoms with Gasteiger partial charge in [0, 0.05) is 6.54 Å². The van der Waals surface area contributed by atoms with E-state index in [4.69, 9.17) is 16.7 Å². The van der Waals surface area contributed by atoms with E-state index in [2.05, 4.69) is 5.32 Å². The molecule has 0 unspecified atom stereocenters. The van der Waals surface area contributed by atoms with Crippen molar-refractivity contribution in [3.05, 3.63) is 56.7 Å². The highest BCUT2D eigenvalue weighted by Gasteiger charge is 2.11. The van der Waals surface area contributed by atoms with E-state index in [1.165, 1.54) is 23.5 Å². The SMILES string of the molecule is O=C(O)c1cccc(CNC(=O)c2sccc2Cl)c1. The number of nitrogens with one attached hydrogen (secondary N) is 1. The number of benzene rings is 1. The van der Waals surface area contributed by atoms with E-state index in [0.717, 1.165) is 5.56 Å². The maximum atomic E-state index is 11.8. The highest BCUT2D eigenvalue weighted by atomic mass is 35.5. The molecule has 0 bridgehead atoms. The molecule has 1 aromatic heterocycles. The summed E-state index contributed by atoms with van der Waals surface area (Å²) >= 11 is 7.12. The molecule has 2 N–H and O–H groups in total. The van der Waals surface area contributed by atoms with Crippen LogP contribution in [0.25, 0.3) is 0 Å². The van der Waals surface area contributed by atoms with Crippen molar-refractivity contribution < 1.29 is 14.7 Å². The van der Waals surface area contributed by atoms with Crippen LogP contribution >= 0.6 is 22.9 Å². The largest absolute Gasteiger partial charge is 0.478 e. The Kier molecular flexibility index (Phi) is 4.19. The molecule has 0 saturated heterocycles. The number of hydrogen-bond acceptors (Lipinski definition) is 3. The Morgan fingerprint density at radius 1 is 1.32 bits per heavy atom. The minimum absolute atomic E-state index is 0.195. The van der Waals surface area contributed by atoms with Crippen LogP contribution in [0.15, 0.2) is 35.7 Å². The van der Waals surface area contributed by atoms with Gasteiger partial charge in [-0.1, -0.05) is 23.7 Å². The topological polar surface area (TPSA) is 66.4 Å². The molecule has 19 heavy (non-hydrogen) atoms. The molecule has 0 radical (unpaired) electrons. The van der Waals surface area contributed by atoms with Crippen molar-refractivity contribution in [1.29, 1.82) is 0 Å². The maximum absolute atomic E-state index is 11.8. The third-order valence-corrected chi connectivity index (χ3v) is 3.79. The number of carbonyl (C=O) groups is 2. The summed E-state index contributed by atoms with van der Waals surface area (Å²) in [6.45, 7) is 0.258. The van der Waals surface area contributed by atoms with Gasteiger partial charge in [-0.05, 0) is 29.1 Å². The third-order valence-electron chi connectivity index (χ3n) is 2.45. The second-order valence-corrected chi connectivity index (χ2v) is 5.11. The summed E-state index contributed by atoms with van der Waals surface area (Å²) in [5.41, 5.74) is 0.918. The van der Waals surface area contributed by atoms with Crippen molar-refractivity contribution in [3.63, 3.8) is 0 Å². The van der Waals surface area contributed by atoms with E-state index in [9.17, 15) is 9.59 Å². The zero-order valence-corrected chi connectivity index (χ0v) is 11.3. The number of rotatable bonds is 4. The monoisotopic (exact) mass is 295 g/mol. The highest BCUT2D eigenvalue weighted by molar-refractivity contribution is 7.12. The van der Waals surface area contributed by atoms with Crippen LogP contribution in [0.4, 0.5) is 0 Å². The van der Waals surface area contributed by atoms with Gasteiger partial charge in [-0.2, -0.15) is 0 Å². The van der Waals surface area contributed by atoms with Crippen LogP contribution in [0.5, 0.6) is 0 Å². The van der Waals surface area contributed by atoms with Gasteiger partial charge in [-0.3, -0.25) is 4.79 Å². The molecule has 0 spiro atoms. The molecule has 0 atom stereocenters. The highest BCUT2D eigenvalue weighted by Crippen LogP contribution is 2.21. The molecular formula is C13H10ClNO3S. The molecule has 6 heteroatoms. The van der Waals surface area contributed by atoms with Gasteiger partial charge in [-0.25, -0.2) is 4.79 Å². The maximum Gasteiger partial charge on any atom is 0.335 e. The molecule has 4 nitrogen and oxygen atoms in total. The normalized spacial score (nSPS) is 10.2. The molecule has 1 amide bonds. The summed E-state index contributed by atoms with van der Waals surface area (Å²) in [7, 11) is 0. The van der Waals surface area contributed by atoms with E-state index in [1.54, 1.807) is 23.6 Å². The summed E-state index contributed by atoms with van der Waals surface area (Å²) in [4.78, 5) is 23.1. The second-order valence-electron chi connectivity index (χ2n) is 3.79. The number of carboxylic acid groups (broad SMARTS) is 1. The van der Waals surface area contributed by atoms with Gasteiger partial charge in [0.05, 0.1) is 10.6 Å². The van der Waals surface area contributed by atoms with Crippen molar-refractivity contribution in [2.24, 2.45) is 0 Å². The predicted molar refractivity (Wildman–Crippen MR) is 73.9 cm³/mol. The molecule has 0 aliphatic carbocycles. The minimum atomic E-state index is -0.991. The lowest BCUT2D eigenvalue weighted by Gasteiger charge is -2.05. The summed E-state index contributed by atoms with van der Waals surface area (Å²) in [5, 5.41) is 13.7. The van der Waals surface area contributed by atoms with E-state index in [0.29, 0.717) is 9.90 Å². The first-order chi connectivity index (χ1) is 9.08. The van der Waals surface area contributed by atoms with Crippen LogP contribution in [-0.2, 0) is 6.54 Å². The lowest BCUT2D eigenvalue weighted by Crippen LogP contribution is -2.22. The smallest absolute Gasteiger partial charge is 0.335 e. The second kappa shape index (κ2) is 5.86. The summed E-state index contributed by atoms with van der Waals surface area (Å²) in [5.74, 6) is -1.25. The summed E-state index contributed by atoms with van der Waals surface area (Å²) in [6, 6.07) is 8.08. The summed E-state index contributed by atoms with van der Waals surface area (Å²) < 4.78 is 0. The van der Waals surface area contributed by atoms with Gasteiger partial charge in [0.2, 0.25) is 0 Å². The fourth-order valence-corrected chi connectivity index (χ4v) is 2.59. The number of hydrogen-bond donors (Lipinski definition) is 2. The molecular weight excluding hydrogens is 286 g/mol. The lowest BCUT2D eigenvalue weighted by atomic mass is 10.1. The van der Waals surface area contributed by atoms with E-state index in [1.807, 2.05) is 0 Å². The number of halogens is 1. The van der Waals surface area contributed by atoms with Crippen molar-refractivity contribution in [1.82, 2.24) is 5.32 Å².